The van der Waals surface area contributed by atoms with Crippen LogP contribution in [0.3, 0.4) is 0 Å². The Labute approximate surface area is 378 Å². The van der Waals surface area contributed by atoms with E-state index < -0.39 is 0 Å². The van der Waals surface area contributed by atoms with Crippen molar-refractivity contribution in [2.75, 3.05) is 9.80 Å². The average molecular weight is 837 g/mol. The topological polar surface area (TPSA) is 6.48 Å². The number of anilines is 6. The summed E-state index contributed by atoms with van der Waals surface area (Å²) in [5, 5.41) is 2.65. The molecule has 0 radical (unpaired) electrons. The molecule has 0 N–H and O–H groups in total. The van der Waals surface area contributed by atoms with E-state index in [9.17, 15) is 0 Å². The molecule has 2 nitrogen and oxygen atoms in total. The Balaban J connectivity index is 1.23. The first-order chi connectivity index (χ1) is 30.0. The predicted octanol–water partition coefficient (Wildman–Crippen LogP) is 14.7. The Morgan fingerprint density at radius 1 is 0.460 bits per heavy atom. The number of benzene rings is 7. The van der Waals surface area contributed by atoms with Gasteiger partial charge in [0, 0.05) is 48.6 Å². The maximum absolute atomic E-state index is 2.72. The molecule has 0 unspecified atom stereocenters. The second kappa shape index (κ2) is 13.0. The second-order valence-electron chi connectivity index (χ2n) is 22.1. The van der Waals surface area contributed by atoms with Crippen LogP contribution in [0, 0.1) is 13.8 Å². The molecule has 12 rings (SSSR count). The molecule has 0 bridgehead atoms. The van der Waals surface area contributed by atoms with Crippen LogP contribution in [0.1, 0.15) is 108 Å². The molecular formula is C59H57BN2S. The van der Waals surface area contributed by atoms with E-state index in [1.54, 1.807) is 0 Å². The molecule has 0 amide bonds. The van der Waals surface area contributed by atoms with Gasteiger partial charge in [-0.1, -0.05) is 134 Å². The van der Waals surface area contributed by atoms with Crippen LogP contribution in [0.15, 0.2) is 127 Å². The van der Waals surface area contributed by atoms with Crippen molar-refractivity contribution in [3.05, 3.63) is 161 Å². The van der Waals surface area contributed by atoms with Gasteiger partial charge >= 0.3 is 0 Å². The molecule has 1 aromatic heterocycles. The van der Waals surface area contributed by atoms with Crippen LogP contribution >= 0.6 is 11.3 Å². The predicted molar refractivity (Wildman–Crippen MR) is 274 cm³/mol. The average Bonchev–Trinajstić information content (AvgIpc) is 3.72. The molecule has 7 aromatic carbocycles. The zero-order chi connectivity index (χ0) is 43.5. The van der Waals surface area contributed by atoms with Crippen molar-refractivity contribution in [2.24, 2.45) is 0 Å². The van der Waals surface area contributed by atoms with Crippen molar-refractivity contribution in [2.45, 2.75) is 110 Å². The highest BCUT2D eigenvalue weighted by molar-refractivity contribution is 7.26. The van der Waals surface area contributed by atoms with E-state index in [0.29, 0.717) is 0 Å². The molecular weight excluding hydrogens is 780 g/mol. The SMILES string of the molecule is Cc1cc2c3c(c1)N(c1cccc4sc5ccccc5c14)c1ccc(-c4ccccc4)cc1B3c1cc3c(cc1N2c1cc2c(cc1C)C(C)(C)CC2(C)C)C(C)(C)CCC3(C)C. The van der Waals surface area contributed by atoms with Gasteiger partial charge in [0.25, 0.3) is 6.71 Å². The maximum atomic E-state index is 2.72. The van der Waals surface area contributed by atoms with Crippen molar-refractivity contribution in [3.63, 3.8) is 0 Å². The van der Waals surface area contributed by atoms with E-state index in [4.69, 9.17) is 0 Å². The Kier molecular flexibility index (Phi) is 8.06. The number of hydrogen-bond donors (Lipinski definition) is 0. The third kappa shape index (κ3) is 5.56. The first-order valence-electron chi connectivity index (χ1n) is 23.2. The molecule has 0 saturated heterocycles. The normalized spacial score (nSPS) is 18.2. The largest absolute Gasteiger partial charge is 0.311 e. The van der Waals surface area contributed by atoms with E-state index in [1.165, 1.54) is 128 Å². The van der Waals surface area contributed by atoms with Crippen LogP contribution in [-0.4, -0.2) is 6.71 Å². The number of rotatable bonds is 3. The van der Waals surface area contributed by atoms with Gasteiger partial charge < -0.3 is 9.80 Å². The van der Waals surface area contributed by atoms with Gasteiger partial charge in [0.05, 0.1) is 5.69 Å². The minimum Gasteiger partial charge on any atom is -0.311 e. The van der Waals surface area contributed by atoms with Gasteiger partial charge in [-0.3, -0.25) is 0 Å². The van der Waals surface area contributed by atoms with Gasteiger partial charge in [-0.15, -0.1) is 11.3 Å². The lowest BCUT2D eigenvalue weighted by Gasteiger charge is -2.48. The summed E-state index contributed by atoms with van der Waals surface area (Å²) in [6.45, 7) is 24.5. The Bertz CT molecular complexity index is 3260. The summed E-state index contributed by atoms with van der Waals surface area (Å²) in [6.07, 6.45) is 3.50. The number of nitrogens with zero attached hydrogens (tertiary/aromatic N) is 2. The molecule has 8 aromatic rings. The molecule has 63 heavy (non-hydrogen) atoms. The van der Waals surface area contributed by atoms with Crippen molar-refractivity contribution in [3.8, 4) is 11.1 Å². The van der Waals surface area contributed by atoms with E-state index in [2.05, 4.69) is 206 Å². The molecule has 3 heterocycles. The summed E-state index contributed by atoms with van der Waals surface area (Å²) in [5.41, 5.74) is 23.4. The minimum atomic E-state index is 0.0337. The van der Waals surface area contributed by atoms with Crippen LogP contribution in [0.25, 0.3) is 31.3 Å². The van der Waals surface area contributed by atoms with Crippen LogP contribution in [0.5, 0.6) is 0 Å². The maximum Gasteiger partial charge on any atom is 0.252 e. The Hall–Kier alpha value is -5.58. The molecule has 0 spiro atoms. The first-order valence-corrected chi connectivity index (χ1v) is 24.0. The number of thiophene rings is 1. The van der Waals surface area contributed by atoms with Gasteiger partial charge in [-0.05, 0) is 164 Å². The summed E-state index contributed by atoms with van der Waals surface area (Å²) in [7, 11) is 0. The monoisotopic (exact) mass is 836 g/mol. The number of aryl methyl sites for hydroxylation is 2. The second-order valence-corrected chi connectivity index (χ2v) is 23.1. The summed E-state index contributed by atoms with van der Waals surface area (Å²) in [5.74, 6) is 0. The van der Waals surface area contributed by atoms with Crippen molar-refractivity contribution in [1.29, 1.82) is 0 Å². The Morgan fingerprint density at radius 3 is 1.78 bits per heavy atom. The molecule has 0 fully saturated rings. The smallest absolute Gasteiger partial charge is 0.252 e. The summed E-state index contributed by atoms with van der Waals surface area (Å²) < 4.78 is 2.65. The zero-order valence-electron chi connectivity index (χ0n) is 38.6. The lowest BCUT2D eigenvalue weighted by Crippen LogP contribution is -2.62. The van der Waals surface area contributed by atoms with Crippen LogP contribution < -0.4 is 26.2 Å². The van der Waals surface area contributed by atoms with Crippen LogP contribution in [0.4, 0.5) is 34.1 Å². The highest BCUT2D eigenvalue weighted by Gasteiger charge is 2.48. The van der Waals surface area contributed by atoms with Crippen LogP contribution in [0.2, 0.25) is 0 Å². The van der Waals surface area contributed by atoms with Crippen molar-refractivity contribution >= 4 is 88.7 Å². The van der Waals surface area contributed by atoms with E-state index in [1.807, 2.05) is 11.3 Å². The van der Waals surface area contributed by atoms with E-state index in [0.717, 1.165) is 6.42 Å². The third-order valence-electron chi connectivity index (χ3n) is 15.8. The van der Waals surface area contributed by atoms with Crippen LogP contribution in [-0.2, 0) is 21.7 Å². The van der Waals surface area contributed by atoms with E-state index >= 15 is 0 Å². The van der Waals surface area contributed by atoms with Gasteiger partial charge in [0.2, 0.25) is 0 Å². The molecule has 4 heteroatoms. The van der Waals surface area contributed by atoms with E-state index in [-0.39, 0.29) is 28.4 Å². The minimum absolute atomic E-state index is 0.0337. The summed E-state index contributed by atoms with van der Waals surface area (Å²) >= 11 is 1.90. The van der Waals surface area contributed by atoms with Gasteiger partial charge in [0.1, 0.15) is 0 Å². The van der Waals surface area contributed by atoms with Crippen molar-refractivity contribution < 1.29 is 0 Å². The fourth-order valence-electron chi connectivity index (χ4n) is 12.8. The van der Waals surface area contributed by atoms with Crippen molar-refractivity contribution in [1.82, 2.24) is 0 Å². The molecule has 312 valence electrons. The van der Waals surface area contributed by atoms with Gasteiger partial charge in [0.15, 0.2) is 0 Å². The fraction of sp³-hybridized carbons (Fsp3) is 0.288. The highest BCUT2D eigenvalue weighted by Crippen LogP contribution is 2.55. The van der Waals surface area contributed by atoms with Gasteiger partial charge in [-0.2, -0.15) is 0 Å². The number of fused-ring (bicyclic) bond motifs is 9. The standard InChI is InChI=1S/C59H57BN2S/c1-35-27-50-55-51(28-35)62(48-32-43-40(29-36(48)2)58(7,8)34-59(43,9)10)49-33-42-41(56(3,4)25-26-57(42,5)6)31-45(49)60(55)44-30-38(37-17-12-11-13-18-37)23-24-46(44)61(50)47-20-16-22-53-54(47)39-19-14-15-21-52(39)63-53/h11-24,27-33H,25-26,34H2,1-10H3. The fourth-order valence-corrected chi connectivity index (χ4v) is 13.9. The number of hydrogen-bond acceptors (Lipinski definition) is 3. The summed E-state index contributed by atoms with van der Waals surface area (Å²) in [4.78, 5) is 5.36. The Morgan fingerprint density at radius 2 is 1.05 bits per heavy atom. The molecule has 2 aliphatic carbocycles. The zero-order valence-corrected chi connectivity index (χ0v) is 39.4. The van der Waals surface area contributed by atoms with Gasteiger partial charge in [-0.25, -0.2) is 0 Å². The third-order valence-corrected chi connectivity index (χ3v) is 17.0. The molecule has 0 saturated carbocycles. The summed E-state index contributed by atoms with van der Waals surface area (Å²) in [6, 6.07) is 49.8. The molecule has 4 aliphatic rings. The molecule has 0 atom stereocenters. The lowest BCUT2D eigenvalue weighted by molar-refractivity contribution is 0.332. The lowest BCUT2D eigenvalue weighted by atomic mass is 9.33. The molecule has 2 aliphatic heterocycles. The highest BCUT2D eigenvalue weighted by atomic mass is 32.1. The first kappa shape index (κ1) is 39.0. The quantitative estimate of drug-likeness (QED) is 0.164.